The fraction of sp³-hybridized carbons (Fsp3) is 0.542. The minimum absolute atomic E-state index is 0.0143. The Labute approximate surface area is 167 Å². The van der Waals surface area contributed by atoms with Crippen molar-refractivity contribution in [3.63, 3.8) is 0 Å². The van der Waals surface area contributed by atoms with Crippen LogP contribution in [0.4, 0.5) is 4.39 Å². The van der Waals surface area contributed by atoms with Crippen molar-refractivity contribution >= 4 is 11.5 Å². The summed E-state index contributed by atoms with van der Waals surface area (Å²) < 4.78 is 22.5. The summed E-state index contributed by atoms with van der Waals surface area (Å²) in [4.78, 5) is 12.3. The molecule has 2 aliphatic rings. The van der Waals surface area contributed by atoms with Crippen molar-refractivity contribution in [2.24, 2.45) is 17.3 Å². The van der Waals surface area contributed by atoms with Crippen LogP contribution in [0.25, 0.3) is 5.57 Å². The molecule has 3 nitrogen and oxygen atoms in total. The van der Waals surface area contributed by atoms with E-state index in [1.807, 2.05) is 44.2 Å². The normalized spacial score (nSPS) is 24.3. The van der Waals surface area contributed by atoms with Gasteiger partial charge in [0, 0.05) is 12.0 Å². The van der Waals surface area contributed by atoms with Crippen molar-refractivity contribution in [3.8, 4) is 0 Å². The molecule has 2 unspecified atom stereocenters. The van der Waals surface area contributed by atoms with Gasteiger partial charge in [-0.05, 0) is 55.2 Å². The topological polar surface area (TPSA) is 46.5 Å². The number of carbonyl (C=O) groups is 1. The minimum atomic E-state index is -1.96. The van der Waals surface area contributed by atoms with E-state index >= 15 is 4.39 Å². The number of allylic oxidation sites excluding steroid dienone is 3. The van der Waals surface area contributed by atoms with E-state index in [0.29, 0.717) is 24.7 Å². The SMILES string of the molecule is CCC(CC(C)C)(C(=O)O)C1(F)C=CC(OCC2CC2)=C(c2ccccc2)C1. The van der Waals surface area contributed by atoms with Crippen molar-refractivity contribution in [1.29, 1.82) is 0 Å². The average molecular weight is 387 g/mol. The molecule has 1 aromatic carbocycles. The van der Waals surface area contributed by atoms with Crippen LogP contribution in [0.2, 0.25) is 0 Å². The second-order valence-electron chi connectivity index (χ2n) is 8.67. The first kappa shape index (κ1) is 20.6. The summed E-state index contributed by atoms with van der Waals surface area (Å²) in [6.07, 6.45) is 6.01. The number of halogens is 1. The van der Waals surface area contributed by atoms with Gasteiger partial charge in [0.25, 0.3) is 0 Å². The summed E-state index contributed by atoms with van der Waals surface area (Å²) >= 11 is 0. The second kappa shape index (κ2) is 8.10. The van der Waals surface area contributed by atoms with Gasteiger partial charge in [0.15, 0.2) is 0 Å². The molecule has 3 rings (SSSR count). The van der Waals surface area contributed by atoms with Gasteiger partial charge in [0.1, 0.15) is 16.8 Å². The molecular weight excluding hydrogens is 355 g/mol. The molecular formula is C24H31FO3. The number of carboxylic acid groups (broad SMARTS) is 1. The molecule has 0 radical (unpaired) electrons. The number of carboxylic acids is 1. The van der Waals surface area contributed by atoms with Gasteiger partial charge < -0.3 is 9.84 Å². The molecule has 1 fully saturated rings. The Kier molecular flexibility index (Phi) is 5.97. The predicted octanol–water partition coefficient (Wildman–Crippen LogP) is 6.02. The summed E-state index contributed by atoms with van der Waals surface area (Å²) in [5.74, 6) is 0.273. The molecule has 2 aliphatic carbocycles. The molecule has 28 heavy (non-hydrogen) atoms. The predicted molar refractivity (Wildman–Crippen MR) is 109 cm³/mol. The van der Waals surface area contributed by atoms with Gasteiger partial charge in [-0.2, -0.15) is 0 Å². The Morgan fingerprint density at radius 1 is 1.32 bits per heavy atom. The summed E-state index contributed by atoms with van der Waals surface area (Å²) in [6, 6.07) is 9.62. The Hall–Kier alpha value is -2.10. The summed E-state index contributed by atoms with van der Waals surface area (Å²) in [5.41, 5.74) is -1.77. The first-order valence-electron chi connectivity index (χ1n) is 10.3. The number of benzene rings is 1. The van der Waals surface area contributed by atoms with E-state index in [1.54, 1.807) is 13.0 Å². The van der Waals surface area contributed by atoms with E-state index in [0.717, 1.165) is 11.1 Å². The van der Waals surface area contributed by atoms with Gasteiger partial charge in [-0.15, -0.1) is 0 Å². The van der Waals surface area contributed by atoms with Crippen molar-refractivity contribution < 1.29 is 19.0 Å². The number of aliphatic carboxylic acids is 1. The number of hydrogen-bond donors (Lipinski definition) is 1. The van der Waals surface area contributed by atoms with Crippen LogP contribution >= 0.6 is 0 Å². The first-order valence-corrected chi connectivity index (χ1v) is 10.3. The quantitative estimate of drug-likeness (QED) is 0.564. The van der Waals surface area contributed by atoms with E-state index in [4.69, 9.17) is 4.74 Å². The Morgan fingerprint density at radius 2 is 2.00 bits per heavy atom. The Bertz CT molecular complexity index is 763. The van der Waals surface area contributed by atoms with Crippen molar-refractivity contribution in [1.82, 2.24) is 0 Å². The van der Waals surface area contributed by atoms with Crippen molar-refractivity contribution in [2.75, 3.05) is 6.61 Å². The van der Waals surface area contributed by atoms with Crippen LogP contribution in [0.1, 0.15) is 58.4 Å². The number of rotatable bonds is 9. The van der Waals surface area contributed by atoms with E-state index in [-0.39, 0.29) is 18.8 Å². The lowest BCUT2D eigenvalue weighted by atomic mass is 9.63. The molecule has 0 saturated heterocycles. The lowest BCUT2D eigenvalue weighted by molar-refractivity contribution is -0.159. The van der Waals surface area contributed by atoms with Gasteiger partial charge in [-0.1, -0.05) is 51.1 Å². The lowest BCUT2D eigenvalue weighted by Gasteiger charge is -2.43. The molecule has 152 valence electrons. The highest BCUT2D eigenvalue weighted by Crippen LogP contribution is 2.52. The van der Waals surface area contributed by atoms with Gasteiger partial charge >= 0.3 is 5.97 Å². The van der Waals surface area contributed by atoms with Gasteiger partial charge in [-0.25, -0.2) is 4.39 Å². The summed E-state index contributed by atoms with van der Waals surface area (Å²) in [6.45, 7) is 6.30. The maximum absolute atomic E-state index is 16.5. The minimum Gasteiger partial charge on any atom is -0.493 e. The summed E-state index contributed by atoms with van der Waals surface area (Å²) in [5, 5.41) is 10.1. The van der Waals surface area contributed by atoms with Gasteiger partial charge in [-0.3, -0.25) is 4.79 Å². The highest BCUT2D eigenvalue weighted by atomic mass is 19.1. The largest absolute Gasteiger partial charge is 0.493 e. The van der Waals surface area contributed by atoms with Crippen molar-refractivity contribution in [2.45, 2.75) is 58.5 Å². The zero-order chi connectivity index (χ0) is 20.4. The van der Waals surface area contributed by atoms with Crippen molar-refractivity contribution in [3.05, 3.63) is 53.8 Å². The smallest absolute Gasteiger partial charge is 0.313 e. The number of hydrogen-bond acceptors (Lipinski definition) is 2. The Balaban J connectivity index is 2.00. The monoisotopic (exact) mass is 386 g/mol. The van der Waals surface area contributed by atoms with Crippen LogP contribution < -0.4 is 0 Å². The third kappa shape index (κ3) is 4.01. The van der Waals surface area contributed by atoms with Gasteiger partial charge in [0.2, 0.25) is 0 Å². The zero-order valence-corrected chi connectivity index (χ0v) is 17.1. The van der Waals surface area contributed by atoms with Crippen LogP contribution in [0.3, 0.4) is 0 Å². The zero-order valence-electron chi connectivity index (χ0n) is 17.1. The molecule has 0 bridgehead atoms. The average Bonchev–Trinajstić information content (AvgIpc) is 3.49. The molecule has 1 aromatic rings. The van der Waals surface area contributed by atoms with E-state index in [9.17, 15) is 9.90 Å². The third-order valence-electron chi connectivity index (χ3n) is 6.09. The fourth-order valence-electron chi connectivity index (χ4n) is 4.27. The van der Waals surface area contributed by atoms with Gasteiger partial charge in [0.05, 0.1) is 6.61 Å². The summed E-state index contributed by atoms with van der Waals surface area (Å²) in [7, 11) is 0. The van der Waals surface area contributed by atoms with E-state index < -0.39 is 17.1 Å². The molecule has 0 amide bonds. The molecule has 0 spiro atoms. The molecule has 2 atom stereocenters. The highest BCUT2D eigenvalue weighted by Gasteiger charge is 2.56. The standard InChI is InChI=1S/C24H31FO3/c1-4-23(22(26)27,14-17(2)3)24(25)13-12-21(28-16-18-10-11-18)20(15-24)19-8-6-5-7-9-19/h5-9,12-13,17-18H,4,10-11,14-16H2,1-3H3,(H,26,27). The van der Waals surface area contributed by atoms with Crippen LogP contribution in [0.5, 0.6) is 0 Å². The third-order valence-corrected chi connectivity index (χ3v) is 6.09. The fourth-order valence-corrected chi connectivity index (χ4v) is 4.27. The van der Waals surface area contributed by atoms with Crippen LogP contribution in [-0.4, -0.2) is 23.4 Å². The molecule has 1 saturated carbocycles. The number of alkyl halides is 1. The van der Waals surface area contributed by atoms with Crippen LogP contribution in [0.15, 0.2) is 48.2 Å². The Morgan fingerprint density at radius 3 is 2.54 bits per heavy atom. The molecule has 0 heterocycles. The number of ether oxygens (including phenoxy) is 1. The highest BCUT2D eigenvalue weighted by molar-refractivity contribution is 5.80. The second-order valence-corrected chi connectivity index (χ2v) is 8.67. The molecule has 0 aromatic heterocycles. The van der Waals surface area contributed by atoms with Crippen LogP contribution in [0, 0.1) is 17.3 Å². The first-order chi connectivity index (χ1) is 13.3. The maximum Gasteiger partial charge on any atom is 0.313 e. The van der Waals surface area contributed by atoms with Crippen LogP contribution in [-0.2, 0) is 9.53 Å². The molecule has 1 N–H and O–H groups in total. The lowest BCUT2D eigenvalue weighted by Crippen LogP contribution is -2.50. The molecule has 0 aliphatic heterocycles. The molecule has 4 heteroatoms. The van der Waals surface area contributed by atoms with E-state index in [2.05, 4.69) is 0 Å². The van der Waals surface area contributed by atoms with E-state index in [1.165, 1.54) is 18.9 Å². The maximum atomic E-state index is 16.5.